The first kappa shape index (κ1) is 12.4. The topological polar surface area (TPSA) is 57.0 Å². The molecule has 0 fully saturated rings. The van der Waals surface area contributed by atoms with E-state index >= 15 is 0 Å². The van der Waals surface area contributed by atoms with Crippen molar-refractivity contribution in [1.82, 2.24) is 9.55 Å². The molecule has 0 aliphatic carbocycles. The van der Waals surface area contributed by atoms with Crippen LogP contribution in [0.4, 0.5) is 0 Å². The highest BCUT2D eigenvalue weighted by Gasteiger charge is 2.15. The van der Waals surface area contributed by atoms with Gasteiger partial charge in [0.1, 0.15) is 11.6 Å². The van der Waals surface area contributed by atoms with Crippen molar-refractivity contribution in [3.63, 3.8) is 0 Å². The summed E-state index contributed by atoms with van der Waals surface area (Å²) < 4.78 is 8.26. The van der Waals surface area contributed by atoms with Gasteiger partial charge in [-0.3, -0.25) is 0 Å². The predicted molar refractivity (Wildman–Crippen MR) is 77.8 cm³/mol. The molecule has 1 aromatic carbocycles. The van der Waals surface area contributed by atoms with Gasteiger partial charge in [-0.05, 0) is 40.2 Å². The minimum Gasteiger partial charge on any atom is -0.453 e. The van der Waals surface area contributed by atoms with Crippen LogP contribution in [-0.2, 0) is 13.5 Å². The van der Waals surface area contributed by atoms with Crippen LogP contribution in [-0.4, -0.2) is 9.55 Å². The number of nitrogens with zero attached hydrogens (tertiary/aromatic N) is 2. The summed E-state index contributed by atoms with van der Waals surface area (Å²) in [5.74, 6) is 1.72. The van der Waals surface area contributed by atoms with E-state index in [1.807, 2.05) is 37.4 Å². The maximum atomic E-state index is 6.16. The van der Waals surface area contributed by atoms with Crippen molar-refractivity contribution in [2.24, 2.45) is 12.8 Å². The molecule has 1 unspecified atom stereocenters. The molecule has 2 N–H and O–H groups in total. The van der Waals surface area contributed by atoms with Crippen molar-refractivity contribution in [2.45, 2.75) is 12.5 Å². The third-order valence-corrected chi connectivity index (χ3v) is 3.67. The van der Waals surface area contributed by atoms with Gasteiger partial charge in [0, 0.05) is 13.5 Å². The molecule has 1 atom stereocenters. The van der Waals surface area contributed by atoms with Crippen LogP contribution >= 0.6 is 15.9 Å². The number of rotatable bonds is 3. The lowest BCUT2D eigenvalue weighted by Gasteiger charge is -2.08. The maximum absolute atomic E-state index is 6.16. The Kier molecular flexibility index (Phi) is 3.16. The number of aromatic nitrogens is 2. The van der Waals surface area contributed by atoms with Gasteiger partial charge in [0.2, 0.25) is 0 Å². The summed E-state index contributed by atoms with van der Waals surface area (Å²) in [7, 11) is 2.01. The molecule has 0 aliphatic heterocycles. The third kappa shape index (κ3) is 2.31. The van der Waals surface area contributed by atoms with Gasteiger partial charge in [-0.1, -0.05) is 12.1 Å². The van der Waals surface area contributed by atoms with Gasteiger partial charge in [0.05, 0.1) is 17.1 Å². The molecule has 0 saturated heterocycles. The summed E-state index contributed by atoms with van der Waals surface area (Å²) in [6.45, 7) is 0. The number of halogens is 1. The SMILES string of the molecule is Cn1c(CC(N)c2ccc(Br)o2)nc2ccccc21. The van der Waals surface area contributed by atoms with Crippen LogP contribution in [0.3, 0.4) is 0 Å². The molecule has 0 saturated carbocycles. The molecule has 2 aromatic heterocycles. The standard InChI is InChI=1S/C14H14BrN3O/c1-18-11-5-3-2-4-10(11)17-14(18)8-9(16)12-6-7-13(15)19-12/h2-7,9H,8,16H2,1H3. The lowest BCUT2D eigenvalue weighted by molar-refractivity contribution is 0.443. The molecular weight excluding hydrogens is 306 g/mol. The van der Waals surface area contributed by atoms with Crippen molar-refractivity contribution < 1.29 is 4.42 Å². The zero-order valence-corrected chi connectivity index (χ0v) is 12.1. The fraction of sp³-hybridized carbons (Fsp3) is 0.214. The molecule has 98 valence electrons. The van der Waals surface area contributed by atoms with Gasteiger partial charge in [-0.15, -0.1) is 0 Å². The summed E-state index contributed by atoms with van der Waals surface area (Å²) in [6.07, 6.45) is 0.644. The Balaban J connectivity index is 1.91. The smallest absolute Gasteiger partial charge is 0.169 e. The first-order valence-electron chi connectivity index (χ1n) is 6.06. The van der Waals surface area contributed by atoms with Crippen LogP contribution in [0.5, 0.6) is 0 Å². The molecule has 3 rings (SSSR count). The van der Waals surface area contributed by atoms with E-state index in [1.165, 1.54) is 0 Å². The molecule has 19 heavy (non-hydrogen) atoms. The zero-order chi connectivity index (χ0) is 13.4. The summed E-state index contributed by atoms with van der Waals surface area (Å²) in [5.41, 5.74) is 8.27. The Morgan fingerprint density at radius 1 is 1.32 bits per heavy atom. The van der Waals surface area contributed by atoms with Gasteiger partial charge in [0.15, 0.2) is 4.67 Å². The van der Waals surface area contributed by atoms with Crippen molar-refractivity contribution in [3.8, 4) is 0 Å². The van der Waals surface area contributed by atoms with Crippen molar-refractivity contribution in [3.05, 3.63) is 52.7 Å². The Morgan fingerprint density at radius 3 is 2.79 bits per heavy atom. The van der Waals surface area contributed by atoms with Crippen molar-refractivity contribution in [1.29, 1.82) is 0 Å². The average molecular weight is 320 g/mol. The van der Waals surface area contributed by atoms with Crippen LogP contribution in [0.25, 0.3) is 11.0 Å². The van der Waals surface area contributed by atoms with E-state index in [1.54, 1.807) is 0 Å². The van der Waals surface area contributed by atoms with Gasteiger partial charge in [-0.25, -0.2) is 4.98 Å². The predicted octanol–water partition coefficient (Wildman–Crippen LogP) is 3.17. The maximum Gasteiger partial charge on any atom is 0.169 e. The fourth-order valence-corrected chi connectivity index (χ4v) is 2.52. The minimum atomic E-state index is -0.193. The van der Waals surface area contributed by atoms with E-state index in [2.05, 4.69) is 31.5 Å². The molecule has 0 aliphatic rings. The molecule has 0 amide bonds. The molecule has 3 aromatic rings. The number of furan rings is 1. The molecule has 0 bridgehead atoms. The van der Waals surface area contributed by atoms with E-state index in [4.69, 9.17) is 10.2 Å². The fourth-order valence-electron chi connectivity index (χ4n) is 2.20. The highest BCUT2D eigenvalue weighted by molar-refractivity contribution is 9.10. The van der Waals surface area contributed by atoms with Gasteiger partial charge < -0.3 is 14.7 Å². The van der Waals surface area contributed by atoms with E-state index in [0.717, 1.165) is 22.6 Å². The zero-order valence-electron chi connectivity index (χ0n) is 10.5. The molecule has 5 heteroatoms. The second kappa shape index (κ2) is 4.83. The number of imidazole rings is 1. The van der Waals surface area contributed by atoms with Crippen molar-refractivity contribution in [2.75, 3.05) is 0 Å². The summed E-state index contributed by atoms with van der Waals surface area (Å²) in [4.78, 5) is 4.61. The largest absolute Gasteiger partial charge is 0.453 e. The lowest BCUT2D eigenvalue weighted by atomic mass is 10.1. The van der Waals surface area contributed by atoms with Gasteiger partial charge >= 0.3 is 0 Å². The van der Waals surface area contributed by atoms with Crippen LogP contribution in [0.15, 0.2) is 45.5 Å². The van der Waals surface area contributed by atoms with Crippen LogP contribution in [0.2, 0.25) is 0 Å². The quantitative estimate of drug-likeness (QED) is 0.806. The molecule has 4 nitrogen and oxygen atoms in total. The van der Waals surface area contributed by atoms with E-state index in [0.29, 0.717) is 11.1 Å². The Morgan fingerprint density at radius 2 is 2.11 bits per heavy atom. The monoisotopic (exact) mass is 319 g/mol. The first-order valence-corrected chi connectivity index (χ1v) is 6.85. The summed E-state index contributed by atoms with van der Waals surface area (Å²) in [5, 5.41) is 0. The second-order valence-corrected chi connectivity index (χ2v) is 5.31. The number of nitrogens with two attached hydrogens (primary N) is 1. The first-order chi connectivity index (χ1) is 9.15. The Labute approximate surface area is 119 Å². The molecule has 0 radical (unpaired) electrons. The molecule has 0 spiro atoms. The van der Waals surface area contributed by atoms with Crippen LogP contribution < -0.4 is 5.73 Å². The highest BCUT2D eigenvalue weighted by Crippen LogP contribution is 2.23. The summed E-state index contributed by atoms with van der Waals surface area (Å²) in [6, 6.07) is 11.6. The van der Waals surface area contributed by atoms with Gasteiger partial charge in [-0.2, -0.15) is 0 Å². The Bertz CT molecular complexity index is 716. The van der Waals surface area contributed by atoms with Crippen LogP contribution in [0, 0.1) is 0 Å². The lowest BCUT2D eigenvalue weighted by Crippen LogP contribution is -2.15. The molecular formula is C14H14BrN3O. The number of hydrogen-bond donors (Lipinski definition) is 1. The number of para-hydroxylation sites is 2. The number of benzene rings is 1. The number of fused-ring (bicyclic) bond motifs is 1. The highest BCUT2D eigenvalue weighted by atomic mass is 79.9. The van der Waals surface area contributed by atoms with Gasteiger partial charge in [0.25, 0.3) is 0 Å². The van der Waals surface area contributed by atoms with E-state index in [-0.39, 0.29) is 6.04 Å². The summed E-state index contributed by atoms with van der Waals surface area (Å²) >= 11 is 3.29. The van der Waals surface area contributed by atoms with E-state index < -0.39 is 0 Å². The molecule has 2 heterocycles. The van der Waals surface area contributed by atoms with E-state index in [9.17, 15) is 0 Å². The Hall–Kier alpha value is -1.59. The average Bonchev–Trinajstić information content (AvgIpc) is 2.96. The minimum absolute atomic E-state index is 0.193. The number of hydrogen-bond acceptors (Lipinski definition) is 3. The second-order valence-electron chi connectivity index (χ2n) is 4.53. The number of aryl methyl sites for hydroxylation is 1. The van der Waals surface area contributed by atoms with Crippen molar-refractivity contribution >= 4 is 27.0 Å². The van der Waals surface area contributed by atoms with Crippen LogP contribution in [0.1, 0.15) is 17.6 Å². The normalized spacial score (nSPS) is 13.0. The third-order valence-electron chi connectivity index (χ3n) is 3.24.